The molecule has 0 aromatic heterocycles. The lowest BCUT2D eigenvalue weighted by Crippen LogP contribution is -2.29. The minimum Gasteiger partial charge on any atom is -0.280 e. The minimum atomic E-state index is 0.0296. The Morgan fingerprint density at radius 3 is 2.65 bits per heavy atom. The van der Waals surface area contributed by atoms with Gasteiger partial charge in [-0.2, -0.15) is 5.10 Å². The van der Waals surface area contributed by atoms with Gasteiger partial charge in [0.05, 0.1) is 18.8 Å². The summed E-state index contributed by atoms with van der Waals surface area (Å²) >= 11 is 0. The SMILES string of the molecule is O=C=CCN1N=Cc2ccccc2[C@@H]1c1ccccc1. The molecule has 1 aliphatic heterocycles. The predicted molar refractivity (Wildman–Crippen MR) is 79.3 cm³/mol. The van der Waals surface area contributed by atoms with Crippen LogP contribution in [-0.4, -0.2) is 23.7 Å². The molecule has 3 heteroatoms. The highest BCUT2D eigenvalue weighted by atomic mass is 16.1. The summed E-state index contributed by atoms with van der Waals surface area (Å²) in [6.07, 6.45) is 3.30. The maximum Gasteiger partial charge on any atom is 0.121 e. The Morgan fingerprint density at radius 1 is 1.10 bits per heavy atom. The average Bonchev–Trinajstić information content (AvgIpc) is 2.53. The number of hydrogen-bond donors (Lipinski definition) is 0. The first-order valence-corrected chi connectivity index (χ1v) is 6.54. The summed E-state index contributed by atoms with van der Waals surface area (Å²) in [4.78, 5) is 10.5. The standard InChI is InChI=1S/C17H14N2O/c20-12-6-11-19-17(14-7-2-1-3-8-14)16-10-5-4-9-15(16)13-18-19/h1-10,13,17H,11H2/t17-/m0/s1. The molecule has 0 fully saturated rings. The van der Waals surface area contributed by atoms with Crippen LogP contribution < -0.4 is 0 Å². The molecule has 0 amide bonds. The molecule has 0 spiro atoms. The van der Waals surface area contributed by atoms with Gasteiger partial charge in [-0.3, -0.25) is 5.01 Å². The Balaban J connectivity index is 2.08. The maximum atomic E-state index is 10.5. The van der Waals surface area contributed by atoms with Crippen LogP contribution in [0.2, 0.25) is 0 Å². The molecular weight excluding hydrogens is 248 g/mol. The number of hydrazone groups is 1. The summed E-state index contributed by atoms with van der Waals surface area (Å²) in [6.45, 7) is 0.452. The van der Waals surface area contributed by atoms with Crippen LogP contribution in [0.15, 0.2) is 65.8 Å². The van der Waals surface area contributed by atoms with E-state index in [1.165, 1.54) is 11.6 Å². The highest BCUT2D eigenvalue weighted by Gasteiger charge is 2.25. The number of carbonyl (C=O) groups excluding carboxylic acids is 1. The Kier molecular flexibility index (Phi) is 3.44. The molecule has 0 unspecified atom stereocenters. The van der Waals surface area contributed by atoms with Gasteiger partial charge in [-0.05, 0) is 11.1 Å². The lowest BCUT2D eigenvalue weighted by Gasteiger charge is -2.32. The van der Waals surface area contributed by atoms with Crippen molar-refractivity contribution in [1.82, 2.24) is 5.01 Å². The molecule has 20 heavy (non-hydrogen) atoms. The molecule has 2 aromatic rings. The Labute approximate surface area is 117 Å². The van der Waals surface area contributed by atoms with Crippen molar-refractivity contribution in [3.05, 3.63) is 77.4 Å². The van der Waals surface area contributed by atoms with Crippen LogP contribution in [-0.2, 0) is 4.79 Å². The van der Waals surface area contributed by atoms with Crippen LogP contribution in [0.4, 0.5) is 0 Å². The number of rotatable bonds is 3. The van der Waals surface area contributed by atoms with E-state index in [2.05, 4.69) is 29.4 Å². The maximum absolute atomic E-state index is 10.5. The van der Waals surface area contributed by atoms with Gasteiger partial charge in [-0.1, -0.05) is 54.6 Å². The Bertz CT molecular complexity index is 672. The molecular formula is C17H14N2O. The first-order valence-electron chi connectivity index (χ1n) is 6.54. The van der Waals surface area contributed by atoms with E-state index >= 15 is 0 Å². The van der Waals surface area contributed by atoms with E-state index in [1.807, 2.05) is 47.5 Å². The fourth-order valence-corrected chi connectivity index (χ4v) is 2.51. The van der Waals surface area contributed by atoms with Gasteiger partial charge in [0.15, 0.2) is 0 Å². The first kappa shape index (κ1) is 12.4. The fourth-order valence-electron chi connectivity index (χ4n) is 2.51. The van der Waals surface area contributed by atoms with E-state index in [1.54, 1.807) is 0 Å². The van der Waals surface area contributed by atoms with Gasteiger partial charge in [0, 0.05) is 11.6 Å². The number of benzene rings is 2. The molecule has 3 rings (SSSR count). The monoisotopic (exact) mass is 262 g/mol. The zero-order chi connectivity index (χ0) is 13.8. The predicted octanol–water partition coefficient (Wildman–Crippen LogP) is 2.81. The van der Waals surface area contributed by atoms with Crippen LogP contribution in [0.3, 0.4) is 0 Å². The average molecular weight is 262 g/mol. The molecule has 0 N–H and O–H groups in total. The lowest BCUT2D eigenvalue weighted by atomic mass is 9.93. The quantitative estimate of drug-likeness (QED) is 0.797. The molecule has 1 heterocycles. The van der Waals surface area contributed by atoms with E-state index in [9.17, 15) is 4.79 Å². The van der Waals surface area contributed by atoms with Gasteiger partial charge in [0.1, 0.15) is 5.94 Å². The number of hydrogen-bond acceptors (Lipinski definition) is 3. The van der Waals surface area contributed by atoms with Gasteiger partial charge in [-0.15, -0.1) is 0 Å². The van der Waals surface area contributed by atoms with Gasteiger partial charge in [0.2, 0.25) is 0 Å². The van der Waals surface area contributed by atoms with Gasteiger partial charge >= 0.3 is 0 Å². The molecule has 0 radical (unpaired) electrons. The Morgan fingerprint density at radius 2 is 1.85 bits per heavy atom. The molecule has 2 aromatic carbocycles. The van der Waals surface area contributed by atoms with Gasteiger partial charge < -0.3 is 0 Å². The van der Waals surface area contributed by atoms with Crippen molar-refractivity contribution < 1.29 is 4.79 Å². The minimum absolute atomic E-state index is 0.0296. The molecule has 0 saturated carbocycles. The van der Waals surface area contributed by atoms with Crippen molar-refractivity contribution >= 4 is 12.2 Å². The summed E-state index contributed by atoms with van der Waals surface area (Å²) in [7, 11) is 0. The second kappa shape index (κ2) is 5.55. The van der Waals surface area contributed by atoms with E-state index in [0.29, 0.717) is 6.54 Å². The topological polar surface area (TPSA) is 32.7 Å². The van der Waals surface area contributed by atoms with E-state index in [-0.39, 0.29) is 6.04 Å². The molecule has 98 valence electrons. The zero-order valence-electron chi connectivity index (χ0n) is 10.9. The summed E-state index contributed by atoms with van der Waals surface area (Å²) in [5, 5.41) is 6.37. The zero-order valence-corrected chi connectivity index (χ0v) is 10.9. The van der Waals surface area contributed by atoms with Crippen LogP contribution in [0.1, 0.15) is 22.7 Å². The van der Waals surface area contributed by atoms with Crippen molar-refractivity contribution in [3.8, 4) is 0 Å². The van der Waals surface area contributed by atoms with Crippen LogP contribution in [0.5, 0.6) is 0 Å². The fraction of sp³-hybridized carbons (Fsp3) is 0.118. The van der Waals surface area contributed by atoms with Crippen molar-refractivity contribution in [2.75, 3.05) is 6.54 Å². The largest absolute Gasteiger partial charge is 0.280 e. The third kappa shape index (κ3) is 2.27. The highest BCUT2D eigenvalue weighted by molar-refractivity contribution is 5.83. The van der Waals surface area contributed by atoms with E-state index < -0.39 is 0 Å². The molecule has 3 nitrogen and oxygen atoms in total. The molecule has 1 atom stereocenters. The van der Waals surface area contributed by atoms with Crippen molar-refractivity contribution in [2.24, 2.45) is 5.10 Å². The van der Waals surface area contributed by atoms with E-state index in [4.69, 9.17) is 0 Å². The van der Waals surface area contributed by atoms with Gasteiger partial charge in [0.25, 0.3) is 0 Å². The second-order valence-corrected chi connectivity index (χ2v) is 4.63. The van der Waals surface area contributed by atoms with Crippen molar-refractivity contribution in [2.45, 2.75) is 6.04 Å². The van der Waals surface area contributed by atoms with Crippen molar-refractivity contribution in [3.63, 3.8) is 0 Å². The summed E-state index contributed by atoms with van der Waals surface area (Å²) in [5.74, 6) is 1.82. The summed E-state index contributed by atoms with van der Waals surface area (Å²) in [5.41, 5.74) is 3.48. The number of fused-ring (bicyclic) bond motifs is 1. The second-order valence-electron chi connectivity index (χ2n) is 4.63. The molecule has 1 aliphatic rings. The van der Waals surface area contributed by atoms with E-state index in [0.717, 1.165) is 11.1 Å². The van der Waals surface area contributed by atoms with Crippen LogP contribution in [0.25, 0.3) is 0 Å². The van der Waals surface area contributed by atoms with Crippen LogP contribution in [0, 0.1) is 0 Å². The summed E-state index contributed by atoms with van der Waals surface area (Å²) < 4.78 is 0. The lowest BCUT2D eigenvalue weighted by molar-refractivity contribution is 0.260. The van der Waals surface area contributed by atoms with Crippen LogP contribution >= 0.6 is 0 Å². The van der Waals surface area contributed by atoms with Gasteiger partial charge in [-0.25, -0.2) is 4.79 Å². The molecule has 0 bridgehead atoms. The molecule has 0 saturated heterocycles. The summed E-state index contributed by atoms with van der Waals surface area (Å²) in [6, 6.07) is 18.4. The Hall–Kier alpha value is -2.64. The third-order valence-corrected chi connectivity index (χ3v) is 3.41. The first-order chi connectivity index (χ1) is 9.90. The molecule has 0 aliphatic carbocycles. The van der Waals surface area contributed by atoms with Crippen molar-refractivity contribution in [1.29, 1.82) is 0 Å². The smallest absolute Gasteiger partial charge is 0.121 e. The highest BCUT2D eigenvalue weighted by Crippen LogP contribution is 2.33. The number of nitrogens with zero attached hydrogens (tertiary/aromatic N) is 2. The third-order valence-electron chi connectivity index (χ3n) is 3.41. The normalized spacial score (nSPS) is 16.4.